The number of rotatable bonds is 6. The van der Waals surface area contributed by atoms with Crippen molar-refractivity contribution in [1.29, 1.82) is 0 Å². The van der Waals surface area contributed by atoms with Crippen molar-refractivity contribution >= 4 is 5.91 Å². The van der Waals surface area contributed by atoms with Gasteiger partial charge in [0.15, 0.2) is 0 Å². The molecule has 2 N–H and O–H groups in total. The maximum atomic E-state index is 11.8. The number of nitrogens with zero attached hydrogens (tertiary/aromatic N) is 1. The molecule has 0 saturated carbocycles. The summed E-state index contributed by atoms with van der Waals surface area (Å²) in [6.45, 7) is 9.89. The fraction of sp³-hybridized carbons (Fsp3) is 0.938. The first kappa shape index (κ1) is 16.7. The van der Waals surface area contributed by atoms with E-state index in [1.165, 1.54) is 32.5 Å². The predicted molar refractivity (Wildman–Crippen MR) is 84.3 cm³/mol. The van der Waals surface area contributed by atoms with Crippen molar-refractivity contribution in [1.82, 2.24) is 15.5 Å². The number of ether oxygens (including phenoxy) is 1. The molecule has 0 aliphatic carbocycles. The molecule has 1 amide bonds. The number of likely N-dealkylation sites (tertiary alicyclic amines) is 1. The number of amides is 1. The molecule has 122 valence electrons. The van der Waals surface area contributed by atoms with Gasteiger partial charge in [0.1, 0.15) is 6.61 Å². The Bertz CT molecular complexity index is 309. The van der Waals surface area contributed by atoms with E-state index < -0.39 is 0 Å². The molecule has 5 heteroatoms. The molecule has 5 nitrogen and oxygen atoms in total. The summed E-state index contributed by atoms with van der Waals surface area (Å²) in [5.41, 5.74) is 0. The van der Waals surface area contributed by atoms with Gasteiger partial charge in [-0.2, -0.15) is 0 Å². The minimum absolute atomic E-state index is 0.0282. The van der Waals surface area contributed by atoms with E-state index in [0.29, 0.717) is 6.04 Å². The Hall–Kier alpha value is -0.650. The summed E-state index contributed by atoms with van der Waals surface area (Å²) in [5, 5.41) is 6.52. The van der Waals surface area contributed by atoms with Crippen molar-refractivity contribution in [3.05, 3.63) is 0 Å². The fourth-order valence-corrected chi connectivity index (χ4v) is 3.20. The molecule has 21 heavy (non-hydrogen) atoms. The van der Waals surface area contributed by atoms with E-state index in [1.54, 1.807) is 0 Å². The highest BCUT2D eigenvalue weighted by Crippen LogP contribution is 2.17. The van der Waals surface area contributed by atoms with Crippen molar-refractivity contribution in [3.63, 3.8) is 0 Å². The molecule has 2 aliphatic heterocycles. The highest BCUT2D eigenvalue weighted by molar-refractivity contribution is 5.77. The summed E-state index contributed by atoms with van der Waals surface area (Å²) >= 11 is 0. The Morgan fingerprint density at radius 3 is 2.52 bits per heavy atom. The van der Waals surface area contributed by atoms with Crippen LogP contribution >= 0.6 is 0 Å². The minimum Gasteiger partial charge on any atom is -0.369 e. The molecule has 0 aromatic heterocycles. The molecule has 0 atom stereocenters. The van der Waals surface area contributed by atoms with Crippen LogP contribution in [0.5, 0.6) is 0 Å². The van der Waals surface area contributed by atoms with Gasteiger partial charge in [0, 0.05) is 25.7 Å². The van der Waals surface area contributed by atoms with Gasteiger partial charge >= 0.3 is 0 Å². The summed E-state index contributed by atoms with van der Waals surface area (Å²) in [5.74, 6) is 0.886. The number of hydrogen-bond donors (Lipinski definition) is 2. The zero-order valence-electron chi connectivity index (χ0n) is 13.6. The van der Waals surface area contributed by atoms with Crippen LogP contribution in [0.1, 0.15) is 39.5 Å². The lowest BCUT2D eigenvalue weighted by molar-refractivity contribution is -0.128. The van der Waals surface area contributed by atoms with Crippen molar-refractivity contribution in [2.24, 2.45) is 5.92 Å². The second kappa shape index (κ2) is 8.71. The van der Waals surface area contributed by atoms with E-state index in [1.807, 2.05) is 13.8 Å². The third-order valence-electron chi connectivity index (χ3n) is 4.48. The number of piperidine rings is 2. The molecule has 2 rings (SSSR count). The van der Waals surface area contributed by atoms with Crippen LogP contribution in [-0.2, 0) is 9.53 Å². The summed E-state index contributed by atoms with van der Waals surface area (Å²) in [7, 11) is 0. The molecular weight excluding hydrogens is 266 g/mol. The predicted octanol–water partition coefficient (Wildman–Crippen LogP) is 0.992. The van der Waals surface area contributed by atoms with Crippen LogP contribution < -0.4 is 10.6 Å². The average Bonchev–Trinajstić information content (AvgIpc) is 2.48. The van der Waals surface area contributed by atoms with Gasteiger partial charge in [-0.3, -0.25) is 4.79 Å². The van der Waals surface area contributed by atoms with E-state index >= 15 is 0 Å². The second-order valence-electron chi connectivity index (χ2n) is 6.70. The van der Waals surface area contributed by atoms with E-state index in [9.17, 15) is 4.79 Å². The third-order valence-corrected chi connectivity index (χ3v) is 4.48. The van der Waals surface area contributed by atoms with E-state index in [0.717, 1.165) is 31.8 Å². The molecule has 2 fully saturated rings. The van der Waals surface area contributed by atoms with Crippen molar-refractivity contribution in [2.45, 2.75) is 51.7 Å². The van der Waals surface area contributed by atoms with E-state index in [-0.39, 0.29) is 18.6 Å². The fourth-order valence-electron chi connectivity index (χ4n) is 3.20. The Morgan fingerprint density at radius 1 is 1.24 bits per heavy atom. The van der Waals surface area contributed by atoms with Crippen LogP contribution in [-0.4, -0.2) is 62.3 Å². The minimum atomic E-state index is 0.0282. The molecule has 0 bridgehead atoms. The summed E-state index contributed by atoms with van der Waals surface area (Å²) in [6, 6.07) is 0.331. The first-order valence-corrected chi connectivity index (χ1v) is 8.47. The topological polar surface area (TPSA) is 53.6 Å². The summed E-state index contributed by atoms with van der Waals surface area (Å²) < 4.78 is 5.34. The first-order valence-electron chi connectivity index (χ1n) is 8.47. The summed E-state index contributed by atoms with van der Waals surface area (Å²) in [4.78, 5) is 14.3. The largest absolute Gasteiger partial charge is 0.369 e. The third kappa shape index (κ3) is 6.32. The highest BCUT2D eigenvalue weighted by atomic mass is 16.5. The van der Waals surface area contributed by atoms with Gasteiger partial charge in [0.2, 0.25) is 5.91 Å². The van der Waals surface area contributed by atoms with Gasteiger partial charge in [-0.25, -0.2) is 0 Å². The van der Waals surface area contributed by atoms with Crippen LogP contribution in [0, 0.1) is 5.92 Å². The lowest BCUT2D eigenvalue weighted by Gasteiger charge is -2.35. The van der Waals surface area contributed by atoms with Crippen LogP contribution in [0.2, 0.25) is 0 Å². The maximum Gasteiger partial charge on any atom is 0.246 e. The van der Waals surface area contributed by atoms with E-state index in [2.05, 4.69) is 15.5 Å². The molecular formula is C16H31N3O2. The lowest BCUT2D eigenvalue weighted by atomic mass is 9.96. The number of hydrogen-bond acceptors (Lipinski definition) is 4. The van der Waals surface area contributed by atoms with Gasteiger partial charge in [-0.15, -0.1) is 0 Å². The zero-order valence-corrected chi connectivity index (χ0v) is 13.6. The molecule has 2 heterocycles. The summed E-state index contributed by atoms with van der Waals surface area (Å²) in [6.07, 6.45) is 4.87. The second-order valence-corrected chi connectivity index (χ2v) is 6.70. The van der Waals surface area contributed by atoms with Crippen LogP contribution in [0.25, 0.3) is 0 Å². The normalized spacial score (nSPS) is 22.6. The molecule has 0 radical (unpaired) electrons. The highest BCUT2D eigenvalue weighted by Gasteiger charge is 2.23. The Balaban J connectivity index is 1.60. The molecule has 2 saturated heterocycles. The van der Waals surface area contributed by atoms with Gasteiger partial charge in [0.25, 0.3) is 0 Å². The Morgan fingerprint density at radius 2 is 1.90 bits per heavy atom. The van der Waals surface area contributed by atoms with E-state index in [4.69, 9.17) is 4.74 Å². The quantitative estimate of drug-likeness (QED) is 0.768. The SMILES string of the molecule is CC(C)OCC(=O)NC1CCN(CC2CCNCC2)CC1. The Labute approximate surface area is 128 Å². The molecule has 0 spiro atoms. The van der Waals surface area contributed by atoms with Gasteiger partial charge in [0.05, 0.1) is 6.10 Å². The van der Waals surface area contributed by atoms with Gasteiger partial charge in [-0.1, -0.05) is 0 Å². The Kier molecular flexibility index (Phi) is 6.93. The molecule has 0 unspecified atom stereocenters. The first-order chi connectivity index (χ1) is 10.1. The average molecular weight is 297 g/mol. The molecule has 2 aliphatic rings. The zero-order chi connectivity index (χ0) is 15.1. The smallest absolute Gasteiger partial charge is 0.246 e. The molecule has 0 aromatic carbocycles. The maximum absolute atomic E-state index is 11.8. The van der Waals surface area contributed by atoms with Gasteiger partial charge < -0.3 is 20.3 Å². The number of nitrogens with one attached hydrogen (secondary N) is 2. The lowest BCUT2D eigenvalue weighted by Crippen LogP contribution is -2.47. The molecule has 0 aromatic rings. The van der Waals surface area contributed by atoms with Crippen LogP contribution in [0.4, 0.5) is 0 Å². The van der Waals surface area contributed by atoms with Crippen molar-refractivity contribution in [3.8, 4) is 0 Å². The monoisotopic (exact) mass is 297 g/mol. The van der Waals surface area contributed by atoms with Gasteiger partial charge in [-0.05, 0) is 58.5 Å². The number of carbonyl (C=O) groups excluding carboxylic acids is 1. The van der Waals surface area contributed by atoms with Crippen molar-refractivity contribution < 1.29 is 9.53 Å². The number of carbonyl (C=O) groups is 1. The van der Waals surface area contributed by atoms with Crippen LogP contribution in [0.15, 0.2) is 0 Å². The standard InChI is InChI=1S/C16H31N3O2/c1-13(2)21-12-16(20)18-15-5-9-19(10-6-15)11-14-3-7-17-8-4-14/h13-15,17H,3-12H2,1-2H3,(H,18,20). The van der Waals surface area contributed by atoms with Crippen molar-refractivity contribution in [2.75, 3.05) is 39.3 Å². The van der Waals surface area contributed by atoms with Crippen LogP contribution in [0.3, 0.4) is 0 Å².